The molecule has 0 spiro atoms. The van der Waals surface area contributed by atoms with E-state index in [0.29, 0.717) is 5.69 Å². The summed E-state index contributed by atoms with van der Waals surface area (Å²) in [6, 6.07) is 3.68. The predicted octanol–water partition coefficient (Wildman–Crippen LogP) is 2.19. The van der Waals surface area contributed by atoms with Gasteiger partial charge in [-0.25, -0.2) is 0 Å². The molecule has 1 heterocycles. The summed E-state index contributed by atoms with van der Waals surface area (Å²) in [7, 11) is 0. The van der Waals surface area contributed by atoms with Crippen molar-refractivity contribution in [3.05, 3.63) is 29.6 Å². The predicted molar refractivity (Wildman–Crippen MR) is 48.3 cm³/mol. The number of hydrogen-bond acceptors (Lipinski definition) is 2. The Hall–Kier alpha value is -1.18. The summed E-state index contributed by atoms with van der Waals surface area (Å²) >= 11 is 0. The van der Waals surface area contributed by atoms with E-state index in [1.165, 1.54) is 0 Å². The molecule has 0 saturated heterocycles. The smallest absolute Gasteiger partial charge is 0.168 e. The molecule has 0 atom stereocenters. The van der Waals surface area contributed by atoms with Crippen molar-refractivity contribution in [3.63, 3.8) is 0 Å². The molecule has 0 unspecified atom stereocenters. The van der Waals surface area contributed by atoms with Crippen LogP contribution in [-0.4, -0.2) is 11.3 Å². The number of hydrogen-bond donors (Lipinski definition) is 0. The van der Waals surface area contributed by atoms with Crippen molar-refractivity contribution in [1.82, 2.24) is 4.98 Å². The molecular formula is C10H13NO. The highest BCUT2D eigenvalue weighted by Crippen LogP contribution is 2.20. The van der Waals surface area contributed by atoms with Crippen LogP contribution in [0, 0.1) is 0 Å². The molecule has 0 fully saturated rings. The lowest BCUT2D eigenvalue weighted by molar-refractivity contribution is 0.111. The van der Waals surface area contributed by atoms with Crippen LogP contribution in [0.5, 0.6) is 0 Å². The highest BCUT2D eigenvalue weighted by atomic mass is 16.1. The van der Waals surface area contributed by atoms with Gasteiger partial charge < -0.3 is 0 Å². The Balaban J connectivity index is 3.00. The van der Waals surface area contributed by atoms with Crippen molar-refractivity contribution < 1.29 is 4.79 Å². The van der Waals surface area contributed by atoms with Crippen LogP contribution in [0.15, 0.2) is 18.3 Å². The monoisotopic (exact) mass is 163 g/mol. The quantitative estimate of drug-likeness (QED) is 0.594. The lowest BCUT2D eigenvalue weighted by Gasteiger charge is -2.17. The molecule has 0 N–H and O–H groups in total. The largest absolute Gasteiger partial charge is 0.296 e. The van der Waals surface area contributed by atoms with E-state index in [0.717, 1.165) is 11.8 Å². The second kappa shape index (κ2) is 3.05. The van der Waals surface area contributed by atoms with Crippen LogP contribution in [-0.2, 0) is 5.41 Å². The minimum atomic E-state index is 0.106. The Bertz CT molecular complexity index is 269. The van der Waals surface area contributed by atoms with E-state index in [-0.39, 0.29) is 5.41 Å². The van der Waals surface area contributed by atoms with Crippen molar-refractivity contribution in [2.45, 2.75) is 26.2 Å². The van der Waals surface area contributed by atoms with E-state index in [4.69, 9.17) is 0 Å². The number of nitrogens with zero attached hydrogens (tertiary/aromatic N) is 1. The molecule has 2 heteroatoms. The molecule has 0 amide bonds. The third-order valence-electron chi connectivity index (χ3n) is 1.77. The molecule has 0 radical (unpaired) electrons. The molecule has 0 aliphatic carbocycles. The van der Waals surface area contributed by atoms with E-state index < -0.39 is 0 Å². The van der Waals surface area contributed by atoms with Crippen LogP contribution in [0.2, 0.25) is 0 Å². The first-order valence-corrected chi connectivity index (χ1v) is 3.96. The number of carbonyl (C=O) groups is 1. The van der Waals surface area contributed by atoms with Gasteiger partial charge in [0.15, 0.2) is 6.29 Å². The van der Waals surface area contributed by atoms with Gasteiger partial charge in [0.05, 0.1) is 0 Å². The summed E-state index contributed by atoms with van der Waals surface area (Å²) in [5.41, 5.74) is 1.74. The van der Waals surface area contributed by atoms with Crippen molar-refractivity contribution in [3.8, 4) is 0 Å². The van der Waals surface area contributed by atoms with Crippen molar-refractivity contribution in [1.29, 1.82) is 0 Å². The van der Waals surface area contributed by atoms with Gasteiger partial charge in [-0.3, -0.25) is 9.78 Å². The molecule has 1 rings (SSSR count). The van der Waals surface area contributed by atoms with Crippen molar-refractivity contribution in [2.75, 3.05) is 0 Å². The summed E-state index contributed by atoms with van der Waals surface area (Å²) in [5.74, 6) is 0. The fraction of sp³-hybridized carbons (Fsp3) is 0.400. The van der Waals surface area contributed by atoms with E-state index in [1.54, 1.807) is 12.3 Å². The maximum Gasteiger partial charge on any atom is 0.168 e. The average Bonchev–Trinajstić information content (AvgIpc) is 2.03. The minimum absolute atomic E-state index is 0.106. The van der Waals surface area contributed by atoms with Crippen LogP contribution in [0.1, 0.15) is 36.8 Å². The molecule has 0 aromatic carbocycles. The van der Waals surface area contributed by atoms with Crippen LogP contribution in [0.3, 0.4) is 0 Å². The van der Waals surface area contributed by atoms with E-state index in [1.807, 2.05) is 6.07 Å². The van der Waals surface area contributed by atoms with Crippen LogP contribution in [0.25, 0.3) is 0 Å². The third kappa shape index (κ3) is 1.91. The van der Waals surface area contributed by atoms with Crippen molar-refractivity contribution >= 4 is 6.29 Å². The number of pyridine rings is 1. The van der Waals surface area contributed by atoms with Gasteiger partial charge in [0.2, 0.25) is 0 Å². The number of rotatable bonds is 1. The fourth-order valence-corrected chi connectivity index (χ4v) is 0.919. The normalized spacial score (nSPS) is 11.2. The molecule has 0 aliphatic heterocycles. The maximum atomic E-state index is 10.3. The van der Waals surface area contributed by atoms with Gasteiger partial charge in [-0.05, 0) is 17.0 Å². The third-order valence-corrected chi connectivity index (χ3v) is 1.77. The fourth-order valence-electron chi connectivity index (χ4n) is 0.919. The number of aldehydes is 1. The topological polar surface area (TPSA) is 30.0 Å². The van der Waals surface area contributed by atoms with Crippen LogP contribution in [0.4, 0.5) is 0 Å². The minimum Gasteiger partial charge on any atom is -0.296 e. The Morgan fingerprint density at radius 2 is 2.00 bits per heavy atom. The maximum absolute atomic E-state index is 10.3. The molecule has 64 valence electrons. The zero-order chi connectivity index (χ0) is 9.19. The second-order valence-electron chi connectivity index (χ2n) is 3.84. The van der Waals surface area contributed by atoms with Crippen LogP contribution < -0.4 is 0 Å². The SMILES string of the molecule is CC(C)(C)c1ccc(C=O)nc1. The first kappa shape index (κ1) is 8.91. The standard InChI is InChI=1S/C10H13NO/c1-10(2,3)8-4-5-9(7-12)11-6-8/h4-7H,1-3H3. The summed E-state index contributed by atoms with van der Waals surface area (Å²) in [5, 5.41) is 0. The Morgan fingerprint density at radius 1 is 1.33 bits per heavy atom. The van der Waals surface area contributed by atoms with Gasteiger partial charge in [-0.1, -0.05) is 26.8 Å². The van der Waals surface area contributed by atoms with E-state index >= 15 is 0 Å². The lowest BCUT2D eigenvalue weighted by Crippen LogP contribution is -2.11. The molecule has 0 aliphatic rings. The first-order valence-electron chi connectivity index (χ1n) is 3.96. The molecule has 2 nitrogen and oxygen atoms in total. The summed E-state index contributed by atoms with van der Waals surface area (Å²) in [6.45, 7) is 6.35. The summed E-state index contributed by atoms with van der Waals surface area (Å²) in [6.07, 6.45) is 2.51. The van der Waals surface area contributed by atoms with Gasteiger partial charge in [-0.15, -0.1) is 0 Å². The highest BCUT2D eigenvalue weighted by molar-refractivity contribution is 5.71. The van der Waals surface area contributed by atoms with Gasteiger partial charge in [0.25, 0.3) is 0 Å². The average molecular weight is 163 g/mol. The summed E-state index contributed by atoms with van der Waals surface area (Å²) in [4.78, 5) is 14.3. The van der Waals surface area contributed by atoms with E-state index in [2.05, 4.69) is 25.8 Å². The van der Waals surface area contributed by atoms with Gasteiger partial charge in [0.1, 0.15) is 5.69 Å². The Morgan fingerprint density at radius 3 is 2.33 bits per heavy atom. The van der Waals surface area contributed by atoms with Gasteiger partial charge in [-0.2, -0.15) is 0 Å². The number of carbonyl (C=O) groups excluding carboxylic acids is 1. The van der Waals surface area contributed by atoms with Crippen molar-refractivity contribution in [2.24, 2.45) is 0 Å². The molecule has 1 aromatic rings. The Kier molecular flexibility index (Phi) is 2.27. The lowest BCUT2D eigenvalue weighted by atomic mass is 9.88. The second-order valence-corrected chi connectivity index (χ2v) is 3.84. The summed E-state index contributed by atoms with van der Waals surface area (Å²) < 4.78 is 0. The van der Waals surface area contributed by atoms with Gasteiger partial charge >= 0.3 is 0 Å². The highest BCUT2D eigenvalue weighted by Gasteiger charge is 2.13. The molecule has 0 saturated carbocycles. The Labute approximate surface area is 72.6 Å². The molecule has 1 aromatic heterocycles. The van der Waals surface area contributed by atoms with E-state index in [9.17, 15) is 4.79 Å². The number of aromatic nitrogens is 1. The van der Waals surface area contributed by atoms with Gasteiger partial charge in [0, 0.05) is 6.20 Å². The molecule has 12 heavy (non-hydrogen) atoms. The zero-order valence-electron chi connectivity index (χ0n) is 7.66. The first-order chi connectivity index (χ1) is 5.54. The zero-order valence-corrected chi connectivity index (χ0v) is 7.66. The molecule has 0 bridgehead atoms. The van der Waals surface area contributed by atoms with Crippen LogP contribution >= 0.6 is 0 Å². The molecular weight excluding hydrogens is 150 g/mol.